The maximum Gasteiger partial charge on any atom is 0.412 e. The third kappa shape index (κ3) is 8.36. The van der Waals surface area contributed by atoms with Crippen LogP contribution in [0, 0.1) is 6.92 Å². The first-order valence-electron chi connectivity index (χ1n) is 14.6. The fourth-order valence-electron chi connectivity index (χ4n) is 4.41. The summed E-state index contributed by atoms with van der Waals surface area (Å²) in [6, 6.07) is 24.7. The Hall–Kier alpha value is -4.96. The van der Waals surface area contributed by atoms with Gasteiger partial charge in [0.25, 0.3) is 5.91 Å². The Morgan fingerprint density at radius 2 is 1.51 bits per heavy atom. The van der Waals surface area contributed by atoms with Crippen LogP contribution >= 0.6 is 11.8 Å². The van der Waals surface area contributed by atoms with Crippen molar-refractivity contribution < 1.29 is 14.3 Å². The lowest BCUT2D eigenvalue weighted by molar-refractivity contribution is 0.0635. The molecule has 0 saturated heterocycles. The normalized spacial score (nSPS) is 11.4. The number of pyridine rings is 1. The van der Waals surface area contributed by atoms with Crippen molar-refractivity contribution >= 4 is 57.7 Å². The molecule has 0 radical (unpaired) electrons. The predicted molar refractivity (Wildman–Crippen MR) is 181 cm³/mol. The molecule has 2 heterocycles. The van der Waals surface area contributed by atoms with Gasteiger partial charge in [0.1, 0.15) is 17.7 Å². The van der Waals surface area contributed by atoms with E-state index in [1.54, 1.807) is 23.9 Å². The van der Waals surface area contributed by atoms with Gasteiger partial charge in [-0.05, 0) is 112 Å². The number of rotatable bonds is 8. The number of benzene rings is 3. The number of carbonyl (C=O) groups is 2. The molecule has 9 nitrogen and oxygen atoms in total. The molecule has 5 aromatic rings. The van der Waals surface area contributed by atoms with E-state index in [0.717, 1.165) is 26.4 Å². The largest absolute Gasteiger partial charge is 0.444 e. The number of aromatic nitrogens is 3. The van der Waals surface area contributed by atoms with Gasteiger partial charge in [-0.3, -0.25) is 10.1 Å². The minimum absolute atomic E-state index is 0.230. The van der Waals surface area contributed by atoms with Crippen molar-refractivity contribution in [1.29, 1.82) is 0 Å². The van der Waals surface area contributed by atoms with Crippen molar-refractivity contribution in [2.45, 2.75) is 62.9 Å². The molecule has 5 rings (SSSR count). The number of anilines is 4. The quantitative estimate of drug-likeness (QED) is 0.157. The number of ether oxygens (including phenoxy) is 1. The second-order valence-corrected chi connectivity index (χ2v) is 13.0. The van der Waals surface area contributed by atoms with Crippen LogP contribution in [-0.4, -0.2) is 32.6 Å². The second kappa shape index (κ2) is 13.4. The zero-order chi connectivity index (χ0) is 32.1. The van der Waals surface area contributed by atoms with E-state index in [2.05, 4.69) is 44.7 Å². The van der Waals surface area contributed by atoms with Gasteiger partial charge < -0.3 is 15.4 Å². The lowest BCUT2D eigenvalue weighted by Gasteiger charge is -2.19. The predicted octanol–water partition coefficient (Wildman–Crippen LogP) is 8.95. The van der Waals surface area contributed by atoms with Gasteiger partial charge in [0.15, 0.2) is 5.65 Å². The van der Waals surface area contributed by atoms with Gasteiger partial charge in [-0.15, -0.1) is 0 Å². The van der Waals surface area contributed by atoms with Gasteiger partial charge >= 0.3 is 6.09 Å². The molecule has 230 valence electrons. The molecule has 2 aromatic heterocycles. The molecule has 3 aromatic carbocycles. The van der Waals surface area contributed by atoms with E-state index < -0.39 is 11.7 Å². The summed E-state index contributed by atoms with van der Waals surface area (Å²) in [5.74, 6) is 0.666. The molecule has 0 aliphatic heterocycles. The maximum atomic E-state index is 13.3. The van der Waals surface area contributed by atoms with Gasteiger partial charge in [0, 0.05) is 26.7 Å². The molecule has 0 aliphatic carbocycles. The zero-order valence-corrected chi connectivity index (χ0v) is 27.0. The number of aryl methyl sites for hydroxylation is 1. The summed E-state index contributed by atoms with van der Waals surface area (Å²) in [7, 11) is 0. The number of nitrogens with one attached hydrogen (secondary N) is 3. The number of carbonyl (C=O) groups excluding carboxylic acids is 2. The van der Waals surface area contributed by atoms with E-state index >= 15 is 0 Å². The molecule has 0 bridgehead atoms. The van der Waals surface area contributed by atoms with Crippen LogP contribution in [0.1, 0.15) is 62.2 Å². The summed E-state index contributed by atoms with van der Waals surface area (Å²) in [4.78, 5) is 40.8. The molecule has 45 heavy (non-hydrogen) atoms. The number of hydrogen-bond donors (Lipinski definition) is 3. The Bertz CT molecular complexity index is 1830. The van der Waals surface area contributed by atoms with E-state index in [4.69, 9.17) is 4.74 Å². The Morgan fingerprint density at radius 3 is 2.18 bits per heavy atom. The standard InChI is InChI=1S/C35H36N6O3S/c1-21(2)28-18-16-27-31(39-28)36-20-37-32(27)40-30-19-22(3)7-17-29(30)41-33(42)23-8-12-25(13-9-23)45-26-14-10-24(11-15-26)38-34(43)44-35(4,5)6/h7-21H,1-6H3,(H,38,43)(H,41,42)(H,36,37,39,40). The van der Waals surface area contributed by atoms with E-state index in [9.17, 15) is 9.59 Å². The molecule has 10 heteroatoms. The fraction of sp³-hybridized carbons (Fsp3) is 0.229. The third-order valence-corrected chi connectivity index (χ3v) is 7.65. The molecule has 0 unspecified atom stereocenters. The van der Waals surface area contributed by atoms with E-state index in [1.807, 2.05) is 94.4 Å². The van der Waals surface area contributed by atoms with Crippen molar-refractivity contribution in [3.63, 3.8) is 0 Å². The van der Waals surface area contributed by atoms with Crippen molar-refractivity contribution in [3.8, 4) is 0 Å². The first kappa shape index (κ1) is 31.5. The Labute approximate surface area is 267 Å². The first-order chi connectivity index (χ1) is 21.4. The van der Waals surface area contributed by atoms with E-state index in [1.165, 1.54) is 6.33 Å². The Kier molecular flexibility index (Phi) is 9.34. The highest BCUT2D eigenvalue weighted by atomic mass is 32.2. The van der Waals surface area contributed by atoms with Crippen molar-refractivity contribution in [2.24, 2.45) is 0 Å². The van der Waals surface area contributed by atoms with E-state index in [-0.39, 0.29) is 11.8 Å². The summed E-state index contributed by atoms with van der Waals surface area (Å²) in [6.45, 7) is 11.6. The smallest absolute Gasteiger partial charge is 0.412 e. The van der Waals surface area contributed by atoms with Crippen LogP contribution in [0.25, 0.3) is 11.0 Å². The second-order valence-electron chi connectivity index (χ2n) is 11.9. The maximum absolute atomic E-state index is 13.3. The van der Waals surface area contributed by atoms with Gasteiger partial charge in [-0.1, -0.05) is 31.7 Å². The minimum Gasteiger partial charge on any atom is -0.444 e. The van der Waals surface area contributed by atoms with Crippen molar-refractivity contribution in [1.82, 2.24) is 15.0 Å². The lowest BCUT2D eigenvalue weighted by Crippen LogP contribution is -2.27. The number of hydrogen-bond acceptors (Lipinski definition) is 8. The zero-order valence-electron chi connectivity index (χ0n) is 26.1. The number of nitrogens with zero attached hydrogens (tertiary/aromatic N) is 3. The summed E-state index contributed by atoms with van der Waals surface area (Å²) < 4.78 is 5.30. The SMILES string of the molecule is Cc1ccc(NC(=O)c2ccc(Sc3ccc(NC(=O)OC(C)(C)C)cc3)cc2)c(Nc2ncnc3nc(C(C)C)ccc23)c1. The molecule has 2 amide bonds. The molecular formula is C35H36N6O3S. The lowest BCUT2D eigenvalue weighted by atomic mass is 10.1. The molecular weight excluding hydrogens is 584 g/mol. The summed E-state index contributed by atoms with van der Waals surface area (Å²) in [5, 5.41) is 9.95. The highest BCUT2D eigenvalue weighted by molar-refractivity contribution is 7.99. The van der Waals surface area contributed by atoms with Crippen LogP contribution in [0.4, 0.5) is 27.7 Å². The molecule has 0 fully saturated rings. The summed E-state index contributed by atoms with van der Waals surface area (Å²) in [6.07, 6.45) is 0.996. The monoisotopic (exact) mass is 620 g/mol. The van der Waals surface area contributed by atoms with Crippen LogP contribution in [0.3, 0.4) is 0 Å². The van der Waals surface area contributed by atoms with Gasteiger partial charge in [-0.2, -0.15) is 0 Å². The number of amides is 2. The average Bonchev–Trinajstić information content (AvgIpc) is 2.98. The molecule has 0 atom stereocenters. The highest BCUT2D eigenvalue weighted by Crippen LogP contribution is 2.31. The summed E-state index contributed by atoms with van der Waals surface area (Å²) in [5.41, 5.74) is 4.57. The molecule has 0 aliphatic rings. The highest BCUT2D eigenvalue weighted by Gasteiger charge is 2.16. The van der Waals surface area contributed by atoms with E-state index in [0.29, 0.717) is 34.1 Å². The van der Waals surface area contributed by atoms with Crippen LogP contribution < -0.4 is 16.0 Å². The molecule has 3 N–H and O–H groups in total. The van der Waals surface area contributed by atoms with Gasteiger partial charge in [0.2, 0.25) is 0 Å². The Balaban J connectivity index is 1.25. The average molecular weight is 621 g/mol. The van der Waals surface area contributed by atoms with Crippen LogP contribution in [0.2, 0.25) is 0 Å². The van der Waals surface area contributed by atoms with Gasteiger partial charge in [-0.25, -0.2) is 19.7 Å². The minimum atomic E-state index is -0.564. The molecule has 0 saturated carbocycles. The van der Waals surface area contributed by atoms with Gasteiger partial charge in [0.05, 0.1) is 16.8 Å². The van der Waals surface area contributed by atoms with Crippen LogP contribution in [0.5, 0.6) is 0 Å². The number of fused-ring (bicyclic) bond motifs is 1. The summed E-state index contributed by atoms with van der Waals surface area (Å²) >= 11 is 1.56. The van der Waals surface area contributed by atoms with Crippen LogP contribution in [0.15, 0.2) is 95.0 Å². The fourth-order valence-corrected chi connectivity index (χ4v) is 5.23. The topological polar surface area (TPSA) is 118 Å². The van der Waals surface area contributed by atoms with Crippen molar-refractivity contribution in [3.05, 3.63) is 102 Å². The third-order valence-electron chi connectivity index (χ3n) is 6.64. The molecule has 0 spiro atoms. The van der Waals surface area contributed by atoms with Crippen molar-refractivity contribution in [2.75, 3.05) is 16.0 Å². The first-order valence-corrected chi connectivity index (χ1v) is 15.4. The van der Waals surface area contributed by atoms with Crippen LogP contribution in [-0.2, 0) is 4.74 Å². The Morgan fingerprint density at radius 1 is 0.822 bits per heavy atom.